The maximum absolute atomic E-state index is 12.3. The number of hydrogen-bond donors (Lipinski definition) is 1. The van der Waals surface area contributed by atoms with Gasteiger partial charge in [0.05, 0.1) is 13.2 Å². The Hall–Kier alpha value is -3.02. The van der Waals surface area contributed by atoms with E-state index in [1.165, 1.54) is 0 Å². The van der Waals surface area contributed by atoms with E-state index in [9.17, 15) is 9.59 Å². The zero-order valence-electron chi connectivity index (χ0n) is 16.4. The summed E-state index contributed by atoms with van der Waals surface area (Å²) in [5, 5.41) is 2.89. The van der Waals surface area contributed by atoms with E-state index in [-0.39, 0.29) is 18.4 Å². The minimum atomic E-state index is -0.155. The Labute approximate surface area is 165 Å². The molecule has 1 aliphatic rings. The van der Waals surface area contributed by atoms with Crippen LogP contribution in [0.3, 0.4) is 0 Å². The van der Waals surface area contributed by atoms with Crippen LogP contribution in [0.15, 0.2) is 42.5 Å². The summed E-state index contributed by atoms with van der Waals surface area (Å²) in [6, 6.07) is 13.3. The third kappa shape index (κ3) is 4.63. The molecule has 1 aliphatic heterocycles. The van der Waals surface area contributed by atoms with Gasteiger partial charge in [0.1, 0.15) is 6.54 Å². The van der Waals surface area contributed by atoms with Crippen LogP contribution in [0.4, 0.5) is 0 Å². The number of nitrogens with zero attached hydrogens (tertiary/aromatic N) is 1. The number of carbonyl (C=O) groups excluding carboxylic acids is 2. The van der Waals surface area contributed by atoms with Crippen LogP contribution in [0.1, 0.15) is 35.3 Å². The summed E-state index contributed by atoms with van der Waals surface area (Å²) in [5.41, 5.74) is 2.71. The smallest absolute Gasteiger partial charge is 0.254 e. The van der Waals surface area contributed by atoms with Crippen molar-refractivity contribution >= 4 is 11.8 Å². The number of benzene rings is 2. The fraction of sp³-hybridized carbons (Fsp3) is 0.364. The van der Waals surface area contributed by atoms with E-state index in [2.05, 4.69) is 5.32 Å². The minimum Gasteiger partial charge on any atom is -0.490 e. The van der Waals surface area contributed by atoms with Gasteiger partial charge in [0.2, 0.25) is 5.91 Å². The van der Waals surface area contributed by atoms with Crippen molar-refractivity contribution in [3.8, 4) is 11.5 Å². The number of ether oxygens (including phenoxy) is 2. The number of rotatable bonds is 9. The molecule has 2 aromatic rings. The normalized spacial score (nSPS) is 12.6. The molecule has 6 heteroatoms. The number of fused-ring (bicyclic) bond motifs is 1. The maximum atomic E-state index is 12.3. The van der Waals surface area contributed by atoms with Crippen molar-refractivity contribution in [2.45, 2.75) is 26.8 Å². The van der Waals surface area contributed by atoms with E-state index in [1.54, 1.807) is 11.0 Å². The molecular formula is C22H26N2O4. The van der Waals surface area contributed by atoms with Crippen LogP contribution in [-0.4, -0.2) is 43.0 Å². The van der Waals surface area contributed by atoms with Crippen molar-refractivity contribution in [3.63, 3.8) is 0 Å². The van der Waals surface area contributed by atoms with Crippen LogP contribution in [0.25, 0.3) is 0 Å². The largest absolute Gasteiger partial charge is 0.490 e. The zero-order valence-corrected chi connectivity index (χ0v) is 16.4. The van der Waals surface area contributed by atoms with Crippen molar-refractivity contribution in [3.05, 3.63) is 59.2 Å². The topological polar surface area (TPSA) is 67.9 Å². The van der Waals surface area contributed by atoms with Crippen LogP contribution in [-0.2, 0) is 17.8 Å². The van der Waals surface area contributed by atoms with Gasteiger partial charge in [-0.25, -0.2) is 0 Å². The highest BCUT2D eigenvalue weighted by atomic mass is 16.5. The first kappa shape index (κ1) is 19.7. The molecule has 2 amide bonds. The number of hydrogen-bond acceptors (Lipinski definition) is 4. The Morgan fingerprint density at radius 1 is 1.07 bits per heavy atom. The second kappa shape index (κ2) is 9.26. The summed E-state index contributed by atoms with van der Waals surface area (Å²) in [6.07, 6.45) is 0.673. The summed E-state index contributed by atoms with van der Waals surface area (Å²) in [6.45, 7) is 6.05. The van der Waals surface area contributed by atoms with Crippen molar-refractivity contribution in [2.75, 3.05) is 26.3 Å². The van der Waals surface area contributed by atoms with Gasteiger partial charge in [-0.1, -0.05) is 24.3 Å². The monoisotopic (exact) mass is 382 g/mol. The molecule has 2 aromatic carbocycles. The Bertz CT molecular complexity index is 850. The number of carbonyl (C=O) groups is 2. The molecule has 0 fully saturated rings. The average molecular weight is 382 g/mol. The highest BCUT2D eigenvalue weighted by Crippen LogP contribution is 2.28. The SMILES string of the molecule is CCOc1ccc(CCNC(=O)CN2Cc3ccccc3C2=O)cc1OCC. The van der Waals surface area contributed by atoms with Crippen molar-refractivity contribution < 1.29 is 19.1 Å². The lowest BCUT2D eigenvalue weighted by Crippen LogP contribution is -2.38. The van der Waals surface area contributed by atoms with Gasteiger partial charge >= 0.3 is 0 Å². The fourth-order valence-corrected chi connectivity index (χ4v) is 3.27. The van der Waals surface area contributed by atoms with E-state index in [0.717, 1.165) is 16.9 Å². The van der Waals surface area contributed by atoms with Gasteiger partial charge in [-0.2, -0.15) is 0 Å². The maximum Gasteiger partial charge on any atom is 0.254 e. The molecule has 28 heavy (non-hydrogen) atoms. The van der Waals surface area contributed by atoms with E-state index in [1.807, 2.05) is 50.2 Å². The molecule has 3 rings (SSSR count). The van der Waals surface area contributed by atoms with Gasteiger partial charge < -0.3 is 19.7 Å². The second-order valence-corrected chi connectivity index (χ2v) is 6.57. The highest BCUT2D eigenvalue weighted by molar-refractivity contribution is 6.00. The summed E-state index contributed by atoms with van der Waals surface area (Å²) in [4.78, 5) is 26.2. The van der Waals surface area contributed by atoms with Crippen molar-refractivity contribution in [1.29, 1.82) is 0 Å². The van der Waals surface area contributed by atoms with Gasteiger partial charge in [-0.05, 0) is 49.6 Å². The van der Waals surface area contributed by atoms with E-state index in [4.69, 9.17) is 9.47 Å². The first-order valence-electron chi connectivity index (χ1n) is 9.64. The quantitative estimate of drug-likeness (QED) is 0.724. The van der Waals surface area contributed by atoms with E-state index in [0.29, 0.717) is 44.0 Å². The van der Waals surface area contributed by atoms with Gasteiger partial charge in [0, 0.05) is 18.7 Å². The predicted molar refractivity (Wildman–Crippen MR) is 107 cm³/mol. The number of amides is 2. The first-order chi connectivity index (χ1) is 13.6. The van der Waals surface area contributed by atoms with Gasteiger partial charge in [-0.15, -0.1) is 0 Å². The molecule has 0 atom stereocenters. The third-order valence-corrected chi connectivity index (χ3v) is 4.57. The van der Waals surface area contributed by atoms with Crippen LogP contribution < -0.4 is 14.8 Å². The Kier molecular flexibility index (Phi) is 6.53. The second-order valence-electron chi connectivity index (χ2n) is 6.57. The summed E-state index contributed by atoms with van der Waals surface area (Å²) < 4.78 is 11.2. The van der Waals surface area contributed by atoms with Gasteiger partial charge in [0.25, 0.3) is 5.91 Å². The van der Waals surface area contributed by atoms with Crippen LogP contribution in [0.2, 0.25) is 0 Å². The molecule has 0 aliphatic carbocycles. The standard InChI is InChI=1S/C22H26N2O4/c1-3-27-19-10-9-16(13-20(19)28-4-2)11-12-23-21(25)15-24-14-17-7-5-6-8-18(17)22(24)26/h5-10,13H,3-4,11-12,14-15H2,1-2H3,(H,23,25). The molecule has 0 radical (unpaired) electrons. The molecule has 0 unspecified atom stereocenters. The van der Waals surface area contributed by atoms with Crippen molar-refractivity contribution in [1.82, 2.24) is 10.2 Å². The lowest BCUT2D eigenvalue weighted by atomic mass is 10.1. The highest BCUT2D eigenvalue weighted by Gasteiger charge is 2.27. The predicted octanol–water partition coefficient (Wildman–Crippen LogP) is 2.80. The fourth-order valence-electron chi connectivity index (χ4n) is 3.27. The number of nitrogens with one attached hydrogen (secondary N) is 1. The summed E-state index contributed by atoms with van der Waals surface area (Å²) >= 11 is 0. The van der Waals surface area contributed by atoms with Crippen LogP contribution >= 0.6 is 0 Å². The molecule has 1 N–H and O–H groups in total. The van der Waals surface area contributed by atoms with Gasteiger partial charge in [0.15, 0.2) is 11.5 Å². The van der Waals surface area contributed by atoms with Crippen molar-refractivity contribution in [2.24, 2.45) is 0 Å². The summed E-state index contributed by atoms with van der Waals surface area (Å²) in [7, 11) is 0. The van der Waals surface area contributed by atoms with Gasteiger partial charge in [-0.3, -0.25) is 9.59 Å². The lowest BCUT2D eigenvalue weighted by molar-refractivity contribution is -0.121. The molecule has 6 nitrogen and oxygen atoms in total. The third-order valence-electron chi connectivity index (χ3n) is 4.57. The molecular weight excluding hydrogens is 356 g/mol. The molecule has 0 spiro atoms. The first-order valence-corrected chi connectivity index (χ1v) is 9.64. The van der Waals surface area contributed by atoms with E-state index >= 15 is 0 Å². The zero-order chi connectivity index (χ0) is 19.9. The van der Waals surface area contributed by atoms with Crippen LogP contribution in [0.5, 0.6) is 11.5 Å². The molecule has 0 saturated heterocycles. The Morgan fingerprint density at radius 2 is 1.82 bits per heavy atom. The minimum absolute atomic E-state index is 0.0704. The Balaban J connectivity index is 1.49. The molecule has 0 saturated carbocycles. The summed E-state index contributed by atoms with van der Waals surface area (Å²) in [5.74, 6) is 1.20. The lowest BCUT2D eigenvalue weighted by Gasteiger charge is -2.15. The molecule has 1 heterocycles. The van der Waals surface area contributed by atoms with Crippen LogP contribution in [0, 0.1) is 0 Å². The Morgan fingerprint density at radius 3 is 2.57 bits per heavy atom. The van der Waals surface area contributed by atoms with E-state index < -0.39 is 0 Å². The molecule has 148 valence electrons. The average Bonchev–Trinajstić information content (AvgIpc) is 3.00. The molecule has 0 bridgehead atoms. The molecule has 0 aromatic heterocycles.